The second kappa shape index (κ2) is 10.0. The molecule has 3 heterocycles. The molecular formula is C26H25FN4O4. The molecule has 35 heavy (non-hydrogen) atoms. The predicted octanol–water partition coefficient (Wildman–Crippen LogP) is 2.30. The van der Waals surface area contributed by atoms with Crippen LogP contribution in [0.15, 0.2) is 24.3 Å². The quantitative estimate of drug-likeness (QED) is 0.680. The van der Waals surface area contributed by atoms with Gasteiger partial charge in [-0.2, -0.15) is 10.5 Å². The number of halogens is 1. The van der Waals surface area contributed by atoms with Crippen molar-refractivity contribution >= 4 is 5.91 Å². The van der Waals surface area contributed by atoms with Crippen LogP contribution in [0.5, 0.6) is 5.75 Å². The van der Waals surface area contributed by atoms with Crippen LogP contribution in [0.4, 0.5) is 4.39 Å². The largest absolute Gasteiger partial charge is 0.488 e. The molecule has 9 heteroatoms. The molecule has 5 rings (SSSR count). The van der Waals surface area contributed by atoms with E-state index in [9.17, 15) is 15.3 Å². The van der Waals surface area contributed by atoms with Crippen LogP contribution in [-0.4, -0.2) is 51.0 Å². The van der Waals surface area contributed by atoms with Gasteiger partial charge in [0.15, 0.2) is 0 Å². The number of carbonyl (C=O) groups is 1. The zero-order valence-corrected chi connectivity index (χ0v) is 19.1. The number of rotatable bonds is 5. The van der Waals surface area contributed by atoms with E-state index in [-0.39, 0.29) is 24.5 Å². The van der Waals surface area contributed by atoms with Crippen LogP contribution in [-0.2, 0) is 27.3 Å². The Kier molecular flexibility index (Phi) is 6.65. The maximum absolute atomic E-state index is 15.2. The van der Waals surface area contributed by atoms with E-state index in [4.69, 9.17) is 14.2 Å². The maximum Gasteiger partial charge on any atom is 0.251 e. The fourth-order valence-corrected chi connectivity index (χ4v) is 4.62. The van der Waals surface area contributed by atoms with Crippen molar-refractivity contribution in [3.63, 3.8) is 0 Å². The third-order valence-corrected chi connectivity index (χ3v) is 6.63. The highest BCUT2D eigenvalue weighted by Crippen LogP contribution is 2.42. The number of hydrogen-bond acceptors (Lipinski definition) is 7. The first kappa shape index (κ1) is 23.3. The van der Waals surface area contributed by atoms with Crippen molar-refractivity contribution in [2.45, 2.75) is 37.5 Å². The molecule has 0 radical (unpaired) electrons. The molecular weight excluding hydrogens is 451 g/mol. The van der Waals surface area contributed by atoms with E-state index < -0.39 is 23.9 Å². The standard InChI is InChI=1S/C26H25FN4O4/c27-23-8-22-21-7-20(18-12-33-13-18)16(9-28)4-17(21)14-35-24(22)6-15(23)5-19(10-29)31-26(32)25-11-30-2-1-3-34-25/h4,6-8,18-19,25,30H,1-3,5,11-14H2,(H,31,32)/t19?,25-/m0/s1. The van der Waals surface area contributed by atoms with Crippen molar-refractivity contribution in [1.29, 1.82) is 10.5 Å². The Bertz CT molecular complexity index is 1220. The molecule has 0 aromatic heterocycles. The fourth-order valence-electron chi connectivity index (χ4n) is 4.62. The summed E-state index contributed by atoms with van der Waals surface area (Å²) in [6, 6.07) is 10.1. The Labute approximate surface area is 202 Å². The minimum absolute atomic E-state index is 0.00421. The molecule has 2 saturated heterocycles. The van der Waals surface area contributed by atoms with Crippen LogP contribution in [0, 0.1) is 28.5 Å². The fraction of sp³-hybridized carbons (Fsp3) is 0.423. The summed E-state index contributed by atoms with van der Waals surface area (Å²) < 4.78 is 31.9. The highest BCUT2D eigenvalue weighted by Gasteiger charge is 2.29. The van der Waals surface area contributed by atoms with Crippen molar-refractivity contribution in [2.75, 3.05) is 32.9 Å². The molecule has 3 aliphatic heterocycles. The summed E-state index contributed by atoms with van der Waals surface area (Å²) in [4.78, 5) is 12.6. The van der Waals surface area contributed by atoms with E-state index in [0.717, 1.165) is 29.7 Å². The topological polar surface area (TPSA) is 116 Å². The summed E-state index contributed by atoms with van der Waals surface area (Å²) in [6.07, 6.45) is 0.119. The number of benzene rings is 2. The van der Waals surface area contributed by atoms with Gasteiger partial charge in [-0.15, -0.1) is 0 Å². The SMILES string of the molecule is N#Cc1cc2c(cc1C1COC1)-c1cc(F)c(CC(C#N)NC(=O)[C@@H]3CNCCCO3)cc1OC2. The van der Waals surface area contributed by atoms with Crippen LogP contribution in [0.1, 0.15) is 34.6 Å². The lowest BCUT2D eigenvalue weighted by atomic mass is 9.86. The number of hydrogen-bond donors (Lipinski definition) is 2. The van der Waals surface area contributed by atoms with E-state index in [1.807, 2.05) is 18.2 Å². The highest BCUT2D eigenvalue weighted by molar-refractivity contribution is 5.82. The Morgan fingerprint density at radius 2 is 2.09 bits per heavy atom. The highest BCUT2D eigenvalue weighted by atomic mass is 19.1. The van der Waals surface area contributed by atoms with Gasteiger partial charge in [0.2, 0.25) is 0 Å². The Morgan fingerprint density at radius 3 is 2.83 bits per heavy atom. The summed E-state index contributed by atoms with van der Waals surface area (Å²) in [7, 11) is 0. The van der Waals surface area contributed by atoms with Crippen molar-refractivity contribution < 1.29 is 23.4 Å². The molecule has 0 bridgehead atoms. The van der Waals surface area contributed by atoms with Crippen LogP contribution in [0.25, 0.3) is 11.1 Å². The number of fused-ring (bicyclic) bond motifs is 3. The lowest BCUT2D eigenvalue weighted by molar-refractivity contribution is -0.132. The molecule has 3 aliphatic rings. The van der Waals surface area contributed by atoms with Gasteiger partial charge in [0.25, 0.3) is 5.91 Å². The number of ether oxygens (including phenoxy) is 3. The van der Waals surface area contributed by atoms with E-state index in [0.29, 0.717) is 43.2 Å². The Hall–Kier alpha value is -3.50. The first-order chi connectivity index (χ1) is 17.1. The molecule has 2 N–H and O–H groups in total. The third kappa shape index (κ3) is 4.71. The maximum atomic E-state index is 15.2. The number of nitrogens with zero attached hydrogens (tertiary/aromatic N) is 2. The first-order valence-electron chi connectivity index (χ1n) is 11.7. The molecule has 8 nitrogen and oxygen atoms in total. The third-order valence-electron chi connectivity index (χ3n) is 6.63. The molecule has 0 spiro atoms. The van der Waals surface area contributed by atoms with E-state index in [1.54, 1.807) is 6.07 Å². The van der Waals surface area contributed by atoms with Gasteiger partial charge in [-0.3, -0.25) is 4.79 Å². The number of nitriles is 2. The lowest BCUT2D eigenvalue weighted by Crippen LogP contribution is -2.46. The van der Waals surface area contributed by atoms with Gasteiger partial charge in [-0.25, -0.2) is 4.39 Å². The van der Waals surface area contributed by atoms with Gasteiger partial charge < -0.3 is 24.8 Å². The van der Waals surface area contributed by atoms with Gasteiger partial charge in [-0.1, -0.05) is 0 Å². The number of nitrogens with one attached hydrogen (secondary N) is 2. The minimum atomic E-state index is -0.916. The summed E-state index contributed by atoms with van der Waals surface area (Å²) in [5.74, 6) is -0.220. The smallest absolute Gasteiger partial charge is 0.251 e. The minimum Gasteiger partial charge on any atom is -0.488 e. The molecule has 2 fully saturated rings. The molecule has 2 aromatic rings. The molecule has 2 atom stereocenters. The van der Waals surface area contributed by atoms with Crippen molar-refractivity contribution in [3.05, 3.63) is 52.3 Å². The van der Waals surface area contributed by atoms with Crippen LogP contribution < -0.4 is 15.4 Å². The lowest BCUT2D eigenvalue weighted by Gasteiger charge is -2.29. The average molecular weight is 477 g/mol. The van der Waals surface area contributed by atoms with Gasteiger partial charge in [0.05, 0.1) is 30.9 Å². The molecule has 0 aliphatic carbocycles. The molecule has 1 unspecified atom stereocenters. The molecule has 2 aromatic carbocycles. The van der Waals surface area contributed by atoms with Gasteiger partial charge in [-0.05, 0) is 59.5 Å². The summed E-state index contributed by atoms with van der Waals surface area (Å²) >= 11 is 0. The van der Waals surface area contributed by atoms with Crippen LogP contribution in [0.3, 0.4) is 0 Å². The zero-order chi connectivity index (χ0) is 24.4. The summed E-state index contributed by atoms with van der Waals surface area (Å²) in [5.41, 5.74) is 4.03. The van der Waals surface area contributed by atoms with E-state index in [2.05, 4.69) is 16.7 Å². The van der Waals surface area contributed by atoms with Gasteiger partial charge in [0, 0.05) is 31.1 Å². The van der Waals surface area contributed by atoms with E-state index in [1.165, 1.54) is 6.07 Å². The zero-order valence-electron chi connectivity index (χ0n) is 19.1. The van der Waals surface area contributed by atoms with E-state index >= 15 is 4.39 Å². The van der Waals surface area contributed by atoms with Crippen molar-refractivity contribution in [1.82, 2.24) is 10.6 Å². The summed E-state index contributed by atoms with van der Waals surface area (Å²) in [6.45, 7) is 2.98. The number of amides is 1. The van der Waals surface area contributed by atoms with Gasteiger partial charge in [0.1, 0.15) is 30.3 Å². The normalized spacial score (nSPS) is 20.0. The molecule has 180 valence electrons. The van der Waals surface area contributed by atoms with Crippen LogP contribution >= 0.6 is 0 Å². The van der Waals surface area contributed by atoms with Crippen molar-refractivity contribution in [3.8, 4) is 29.0 Å². The van der Waals surface area contributed by atoms with Crippen LogP contribution in [0.2, 0.25) is 0 Å². The first-order valence-corrected chi connectivity index (χ1v) is 11.7. The monoisotopic (exact) mass is 476 g/mol. The van der Waals surface area contributed by atoms with Crippen molar-refractivity contribution in [2.24, 2.45) is 0 Å². The Morgan fingerprint density at radius 1 is 1.23 bits per heavy atom. The average Bonchev–Trinajstić information content (AvgIpc) is 3.12. The molecule has 1 amide bonds. The number of carbonyl (C=O) groups excluding carboxylic acids is 1. The molecule has 0 saturated carbocycles. The second-order valence-corrected chi connectivity index (χ2v) is 8.98. The second-order valence-electron chi connectivity index (χ2n) is 8.98. The Balaban J connectivity index is 1.38. The summed E-state index contributed by atoms with van der Waals surface area (Å²) in [5, 5.41) is 25.0. The van der Waals surface area contributed by atoms with Gasteiger partial charge >= 0.3 is 0 Å². The predicted molar refractivity (Wildman–Crippen MR) is 123 cm³/mol.